The van der Waals surface area contributed by atoms with Crippen molar-refractivity contribution in [1.29, 1.82) is 0 Å². The maximum absolute atomic E-state index is 12.6. The number of benzene rings is 1. The Hall–Kier alpha value is -1.42. The third-order valence-electron chi connectivity index (χ3n) is 3.83. The Labute approximate surface area is 126 Å². The lowest BCUT2D eigenvalue weighted by molar-refractivity contribution is 0.0711. The summed E-state index contributed by atoms with van der Waals surface area (Å²) in [6.07, 6.45) is 4.00. The van der Waals surface area contributed by atoms with Gasteiger partial charge in [-0.05, 0) is 56.4 Å². The Morgan fingerprint density at radius 2 is 2.05 bits per heavy atom. The topological polar surface area (TPSA) is 46.3 Å². The molecule has 1 amide bonds. The summed E-state index contributed by atoms with van der Waals surface area (Å²) in [4.78, 5) is 14.9. The van der Waals surface area contributed by atoms with Gasteiger partial charge in [0.15, 0.2) is 0 Å². The number of thiocarbonyl (C=S) groups is 1. The molecule has 0 heterocycles. The first kappa shape index (κ1) is 15.0. The lowest BCUT2D eigenvalue weighted by Crippen LogP contribution is -2.39. The average Bonchev–Trinajstić information content (AvgIpc) is 2.84. The van der Waals surface area contributed by atoms with Crippen molar-refractivity contribution >= 4 is 23.1 Å². The molecule has 0 aromatic heterocycles. The first-order valence-corrected chi connectivity index (χ1v) is 7.61. The molecule has 0 saturated carbocycles. The molecule has 0 saturated heterocycles. The van der Waals surface area contributed by atoms with Crippen LogP contribution >= 0.6 is 12.2 Å². The molecule has 0 aliphatic heterocycles. The molecular weight excluding hydrogens is 268 g/mol. The number of hydrogen-bond donors (Lipinski definition) is 1. The Morgan fingerprint density at radius 3 is 2.70 bits per heavy atom. The molecule has 0 atom stereocenters. The summed E-state index contributed by atoms with van der Waals surface area (Å²) in [6, 6.07) is 6.25. The predicted molar refractivity (Wildman–Crippen MR) is 86.0 cm³/mol. The zero-order valence-electron chi connectivity index (χ0n) is 12.2. The quantitative estimate of drug-likeness (QED) is 0.848. The number of carbonyl (C=O) groups excluding carboxylic acids is 1. The average molecular weight is 290 g/mol. The third kappa shape index (κ3) is 3.37. The number of rotatable bonds is 5. The van der Waals surface area contributed by atoms with Crippen molar-refractivity contribution in [2.45, 2.75) is 45.6 Å². The summed E-state index contributed by atoms with van der Waals surface area (Å²) in [5.41, 5.74) is 9.04. The second kappa shape index (κ2) is 6.35. The monoisotopic (exact) mass is 290 g/mol. The molecule has 1 aliphatic carbocycles. The molecule has 1 aliphatic rings. The minimum atomic E-state index is 0.0750. The molecule has 0 spiro atoms. The van der Waals surface area contributed by atoms with E-state index in [1.807, 2.05) is 24.8 Å². The fourth-order valence-corrected chi connectivity index (χ4v) is 2.79. The molecule has 3 nitrogen and oxygen atoms in total. The number of fused-ring (bicyclic) bond motifs is 1. The number of aryl methyl sites for hydroxylation is 2. The number of nitrogens with zero attached hydrogens (tertiary/aromatic N) is 1. The summed E-state index contributed by atoms with van der Waals surface area (Å²) in [6.45, 7) is 4.62. The van der Waals surface area contributed by atoms with Crippen LogP contribution in [0.5, 0.6) is 0 Å². The maximum Gasteiger partial charge on any atom is 0.254 e. The molecule has 2 rings (SSSR count). The number of amides is 1. The molecule has 1 aromatic rings. The Morgan fingerprint density at radius 1 is 1.35 bits per heavy atom. The van der Waals surface area contributed by atoms with Crippen LogP contribution < -0.4 is 5.73 Å². The normalized spacial score (nSPS) is 13.3. The molecule has 0 radical (unpaired) electrons. The van der Waals surface area contributed by atoms with Crippen LogP contribution in [-0.4, -0.2) is 28.4 Å². The Bertz CT molecular complexity index is 525. The zero-order valence-corrected chi connectivity index (χ0v) is 13.0. The van der Waals surface area contributed by atoms with Crippen molar-refractivity contribution < 1.29 is 4.79 Å². The van der Waals surface area contributed by atoms with Crippen LogP contribution in [-0.2, 0) is 12.8 Å². The SMILES string of the molecule is CC(C)N(CCC(N)=S)C(=O)c1ccc2c(c1)CCC2. The lowest BCUT2D eigenvalue weighted by Gasteiger charge is -2.27. The van der Waals surface area contributed by atoms with Gasteiger partial charge >= 0.3 is 0 Å². The van der Waals surface area contributed by atoms with Gasteiger partial charge in [-0.3, -0.25) is 4.79 Å². The van der Waals surface area contributed by atoms with E-state index in [1.54, 1.807) is 0 Å². The van der Waals surface area contributed by atoms with E-state index in [9.17, 15) is 4.79 Å². The van der Waals surface area contributed by atoms with Gasteiger partial charge in [-0.15, -0.1) is 0 Å². The largest absolute Gasteiger partial charge is 0.393 e. The second-order valence-corrected chi connectivity index (χ2v) is 6.17. The van der Waals surface area contributed by atoms with Gasteiger partial charge in [-0.25, -0.2) is 0 Å². The van der Waals surface area contributed by atoms with Gasteiger partial charge in [-0.2, -0.15) is 0 Å². The van der Waals surface area contributed by atoms with E-state index in [0.29, 0.717) is 18.0 Å². The molecule has 0 fully saturated rings. The van der Waals surface area contributed by atoms with E-state index >= 15 is 0 Å². The molecule has 2 N–H and O–H groups in total. The molecular formula is C16H22N2OS. The van der Waals surface area contributed by atoms with E-state index in [2.05, 4.69) is 12.1 Å². The lowest BCUT2D eigenvalue weighted by atomic mass is 10.0. The minimum absolute atomic E-state index is 0.0750. The van der Waals surface area contributed by atoms with Gasteiger partial charge < -0.3 is 10.6 Å². The van der Waals surface area contributed by atoms with Gasteiger partial charge in [-0.1, -0.05) is 18.3 Å². The summed E-state index contributed by atoms with van der Waals surface area (Å²) in [5, 5.41) is 0. The molecule has 108 valence electrons. The number of nitrogens with two attached hydrogens (primary N) is 1. The zero-order chi connectivity index (χ0) is 14.7. The smallest absolute Gasteiger partial charge is 0.254 e. The summed E-state index contributed by atoms with van der Waals surface area (Å²) in [5.74, 6) is 0.0750. The first-order valence-electron chi connectivity index (χ1n) is 7.20. The van der Waals surface area contributed by atoms with Crippen molar-refractivity contribution in [2.75, 3.05) is 6.54 Å². The van der Waals surface area contributed by atoms with Crippen LogP contribution in [0.3, 0.4) is 0 Å². The summed E-state index contributed by atoms with van der Waals surface area (Å²) >= 11 is 4.91. The highest BCUT2D eigenvalue weighted by atomic mass is 32.1. The third-order valence-corrected chi connectivity index (χ3v) is 4.03. The second-order valence-electron chi connectivity index (χ2n) is 5.65. The molecule has 1 aromatic carbocycles. The highest BCUT2D eigenvalue weighted by Gasteiger charge is 2.20. The van der Waals surface area contributed by atoms with E-state index in [4.69, 9.17) is 18.0 Å². The fourth-order valence-electron chi connectivity index (χ4n) is 2.70. The predicted octanol–water partition coefficient (Wildman–Crippen LogP) is 2.70. The van der Waals surface area contributed by atoms with Crippen LogP contribution in [0.2, 0.25) is 0 Å². The van der Waals surface area contributed by atoms with E-state index in [0.717, 1.165) is 18.4 Å². The first-order chi connectivity index (χ1) is 9.49. The van der Waals surface area contributed by atoms with Crippen molar-refractivity contribution in [2.24, 2.45) is 5.73 Å². The molecule has 4 heteroatoms. The van der Waals surface area contributed by atoms with Crippen LogP contribution in [0.1, 0.15) is 48.2 Å². The molecule has 0 bridgehead atoms. The van der Waals surface area contributed by atoms with Crippen molar-refractivity contribution in [3.05, 3.63) is 34.9 Å². The van der Waals surface area contributed by atoms with Crippen molar-refractivity contribution in [3.8, 4) is 0 Å². The van der Waals surface area contributed by atoms with E-state index in [1.165, 1.54) is 17.5 Å². The van der Waals surface area contributed by atoms with E-state index < -0.39 is 0 Å². The number of hydrogen-bond acceptors (Lipinski definition) is 2. The van der Waals surface area contributed by atoms with Gasteiger partial charge in [0.25, 0.3) is 5.91 Å². The van der Waals surface area contributed by atoms with Crippen LogP contribution in [0.4, 0.5) is 0 Å². The Kier molecular flexibility index (Phi) is 4.76. The van der Waals surface area contributed by atoms with Gasteiger partial charge in [0.1, 0.15) is 0 Å². The summed E-state index contributed by atoms with van der Waals surface area (Å²) in [7, 11) is 0. The van der Waals surface area contributed by atoms with Crippen LogP contribution in [0.15, 0.2) is 18.2 Å². The van der Waals surface area contributed by atoms with Crippen LogP contribution in [0, 0.1) is 0 Å². The van der Waals surface area contributed by atoms with Gasteiger partial charge in [0.2, 0.25) is 0 Å². The summed E-state index contributed by atoms with van der Waals surface area (Å²) < 4.78 is 0. The number of carbonyl (C=O) groups is 1. The highest BCUT2D eigenvalue weighted by Crippen LogP contribution is 2.23. The van der Waals surface area contributed by atoms with Crippen LogP contribution in [0.25, 0.3) is 0 Å². The molecule has 0 unspecified atom stereocenters. The van der Waals surface area contributed by atoms with Crippen molar-refractivity contribution in [1.82, 2.24) is 4.90 Å². The minimum Gasteiger partial charge on any atom is -0.393 e. The van der Waals surface area contributed by atoms with Gasteiger partial charge in [0.05, 0.1) is 4.99 Å². The fraction of sp³-hybridized carbons (Fsp3) is 0.500. The highest BCUT2D eigenvalue weighted by molar-refractivity contribution is 7.80. The standard InChI is InChI=1S/C16H22N2OS/c1-11(2)18(9-8-15(17)20)16(19)14-7-6-12-4-3-5-13(12)10-14/h6-7,10-11H,3-5,8-9H2,1-2H3,(H2,17,20). The maximum atomic E-state index is 12.6. The molecule has 20 heavy (non-hydrogen) atoms. The Balaban J connectivity index is 2.16. The van der Waals surface area contributed by atoms with Crippen molar-refractivity contribution in [3.63, 3.8) is 0 Å². The van der Waals surface area contributed by atoms with Gasteiger partial charge in [0, 0.05) is 24.6 Å². The van der Waals surface area contributed by atoms with E-state index in [-0.39, 0.29) is 11.9 Å².